The monoisotopic (exact) mass is 616 g/mol. The van der Waals surface area contributed by atoms with Crippen molar-refractivity contribution in [1.82, 2.24) is 21.3 Å². The van der Waals surface area contributed by atoms with Crippen LogP contribution in [0.25, 0.3) is 0 Å². The number of fused-ring (bicyclic) bond motifs is 1. The van der Waals surface area contributed by atoms with E-state index in [1.165, 1.54) is 0 Å². The van der Waals surface area contributed by atoms with E-state index in [4.69, 9.17) is 9.47 Å². The number of hydrogen-bond donors (Lipinski definition) is 5. The van der Waals surface area contributed by atoms with Crippen LogP contribution >= 0.6 is 24.8 Å². The Balaban J connectivity index is 0.00000294. The maximum absolute atomic E-state index is 13.2. The summed E-state index contributed by atoms with van der Waals surface area (Å²) in [5.41, 5.74) is 0.614. The molecule has 4 rings (SSSR count). The predicted molar refractivity (Wildman–Crippen MR) is 161 cm³/mol. The number of hydrogen-bond acceptors (Lipinski definition) is 7. The highest BCUT2D eigenvalue weighted by atomic mass is 35.5. The van der Waals surface area contributed by atoms with Crippen LogP contribution in [0.15, 0.2) is 18.2 Å². The molecule has 12 heteroatoms. The number of carbonyl (C=O) groups is 3. The lowest BCUT2D eigenvalue weighted by atomic mass is 9.84. The first-order valence-electron chi connectivity index (χ1n) is 14.6. The van der Waals surface area contributed by atoms with E-state index in [9.17, 15) is 19.5 Å². The Hall–Kier alpha value is -2.27. The number of ether oxygens (including phenoxy) is 2. The molecule has 3 aliphatic rings. The second-order valence-corrected chi connectivity index (χ2v) is 11.1. The summed E-state index contributed by atoms with van der Waals surface area (Å²) in [7, 11) is 0. The average molecular weight is 618 g/mol. The molecule has 232 valence electrons. The van der Waals surface area contributed by atoms with Gasteiger partial charge in [0.2, 0.25) is 11.8 Å². The molecule has 1 unspecified atom stereocenters. The van der Waals surface area contributed by atoms with Crippen molar-refractivity contribution in [2.75, 3.05) is 45.9 Å². The highest BCUT2D eigenvalue weighted by Crippen LogP contribution is 2.33. The predicted octanol–water partition coefficient (Wildman–Crippen LogP) is 3.23. The third-order valence-electron chi connectivity index (χ3n) is 8.24. The third kappa shape index (κ3) is 11.5. The molecule has 5 N–H and O–H groups in total. The molecule has 2 fully saturated rings. The van der Waals surface area contributed by atoms with Gasteiger partial charge >= 0.3 is 5.97 Å². The summed E-state index contributed by atoms with van der Waals surface area (Å²) in [6.45, 7) is 4.84. The van der Waals surface area contributed by atoms with Crippen LogP contribution in [0.3, 0.4) is 0 Å². The molecule has 0 bridgehead atoms. The molecule has 10 nitrogen and oxygen atoms in total. The van der Waals surface area contributed by atoms with Gasteiger partial charge in [-0.1, -0.05) is 6.07 Å². The van der Waals surface area contributed by atoms with Gasteiger partial charge in [-0.2, -0.15) is 0 Å². The van der Waals surface area contributed by atoms with Gasteiger partial charge in [-0.3, -0.25) is 14.4 Å². The second kappa shape index (κ2) is 18.3. The molecule has 1 atom stereocenters. The summed E-state index contributed by atoms with van der Waals surface area (Å²) in [5.74, 6) is 0.769. The molecular weight excluding hydrogens is 571 g/mol. The number of carboxylic acids is 1. The number of nitrogens with one attached hydrogen (secondary N) is 4. The number of benzene rings is 1. The molecule has 0 aromatic heterocycles. The largest absolute Gasteiger partial charge is 0.486 e. The lowest BCUT2D eigenvalue weighted by Crippen LogP contribution is -2.41. The Morgan fingerprint density at radius 2 is 1.44 bits per heavy atom. The minimum atomic E-state index is -1.03. The third-order valence-corrected chi connectivity index (χ3v) is 8.24. The molecule has 41 heavy (non-hydrogen) atoms. The van der Waals surface area contributed by atoms with Crippen LogP contribution in [-0.2, 0) is 14.4 Å². The van der Waals surface area contributed by atoms with Crippen molar-refractivity contribution >= 4 is 42.6 Å². The van der Waals surface area contributed by atoms with Gasteiger partial charge < -0.3 is 35.8 Å². The summed E-state index contributed by atoms with van der Waals surface area (Å²) in [6, 6.07) is 4.41. The first-order chi connectivity index (χ1) is 19.0. The van der Waals surface area contributed by atoms with Gasteiger partial charge in [0, 0.05) is 5.92 Å². The van der Waals surface area contributed by atoms with E-state index < -0.39 is 17.9 Å². The lowest BCUT2D eigenvalue weighted by Gasteiger charge is -2.27. The maximum Gasteiger partial charge on any atom is 0.305 e. The van der Waals surface area contributed by atoms with Gasteiger partial charge in [-0.05, 0) is 107 Å². The van der Waals surface area contributed by atoms with E-state index in [1.807, 2.05) is 0 Å². The Morgan fingerprint density at radius 1 is 0.878 bits per heavy atom. The fraction of sp³-hybridized carbons (Fsp3) is 0.690. The number of amides is 2. The molecule has 1 aromatic rings. The van der Waals surface area contributed by atoms with Gasteiger partial charge in [0.1, 0.15) is 13.2 Å². The Morgan fingerprint density at radius 3 is 2.00 bits per heavy atom. The summed E-state index contributed by atoms with van der Waals surface area (Å²) < 4.78 is 11.2. The van der Waals surface area contributed by atoms with E-state index in [0.717, 1.165) is 77.5 Å². The summed E-state index contributed by atoms with van der Waals surface area (Å²) >= 11 is 0. The van der Waals surface area contributed by atoms with Crippen molar-refractivity contribution < 1.29 is 29.0 Å². The van der Waals surface area contributed by atoms with Gasteiger partial charge in [0.25, 0.3) is 0 Å². The summed E-state index contributed by atoms with van der Waals surface area (Å²) in [4.78, 5) is 37.6. The number of carboxylic acid groups (broad SMARTS) is 1. The number of aliphatic carboxylic acids is 1. The maximum atomic E-state index is 13.2. The van der Waals surface area contributed by atoms with Crippen LogP contribution in [0.2, 0.25) is 0 Å². The fourth-order valence-corrected chi connectivity index (χ4v) is 5.88. The van der Waals surface area contributed by atoms with E-state index in [2.05, 4.69) is 21.3 Å². The standard InChI is InChI=1S/C29H44N4O6.2ClH/c34-27(33-24(18-28(35)36)23-5-6-25-26(17-23)39-16-15-38-25)19-32-29(37)22(3-1-20-7-11-30-12-8-20)4-2-21-9-13-31-14-10-21;;/h5-6,17,20-22,24,30-31H,1-4,7-16,18-19H2,(H,32,37)(H,33,34)(H,35,36);2*1H. The molecule has 0 spiro atoms. The Bertz CT molecular complexity index is 951. The van der Waals surface area contributed by atoms with Gasteiger partial charge in [-0.15, -0.1) is 24.8 Å². The zero-order chi connectivity index (χ0) is 27.5. The minimum absolute atomic E-state index is 0. The van der Waals surface area contributed by atoms with Gasteiger partial charge in [0.05, 0.1) is 19.0 Å². The van der Waals surface area contributed by atoms with Crippen molar-refractivity contribution in [3.8, 4) is 11.5 Å². The molecular formula is C29H46Cl2N4O6. The van der Waals surface area contributed by atoms with E-state index in [1.54, 1.807) is 18.2 Å². The number of rotatable bonds is 13. The number of carbonyl (C=O) groups excluding carboxylic acids is 2. The molecule has 0 aliphatic carbocycles. The summed E-state index contributed by atoms with van der Waals surface area (Å²) in [5, 5.41) is 21.9. The molecule has 2 amide bonds. The molecule has 0 saturated carbocycles. The minimum Gasteiger partial charge on any atom is -0.486 e. The molecule has 1 aromatic carbocycles. The number of piperidine rings is 2. The van der Waals surface area contributed by atoms with E-state index in [-0.39, 0.29) is 49.6 Å². The van der Waals surface area contributed by atoms with E-state index in [0.29, 0.717) is 42.1 Å². The first kappa shape index (κ1) is 34.9. The lowest BCUT2D eigenvalue weighted by molar-refractivity contribution is -0.138. The highest BCUT2D eigenvalue weighted by molar-refractivity contribution is 5.86. The van der Waals surface area contributed by atoms with Crippen LogP contribution < -0.4 is 30.7 Å². The molecule has 3 aliphatic heterocycles. The molecule has 3 heterocycles. The van der Waals surface area contributed by atoms with Crippen molar-refractivity contribution in [3.63, 3.8) is 0 Å². The van der Waals surface area contributed by atoms with Crippen molar-refractivity contribution in [2.45, 2.75) is 63.8 Å². The van der Waals surface area contributed by atoms with Gasteiger partial charge in [0.15, 0.2) is 11.5 Å². The quantitative estimate of drug-likeness (QED) is 0.228. The van der Waals surface area contributed by atoms with Crippen LogP contribution in [0, 0.1) is 17.8 Å². The van der Waals surface area contributed by atoms with Crippen LogP contribution in [-0.4, -0.2) is 68.8 Å². The zero-order valence-electron chi connectivity index (χ0n) is 23.7. The summed E-state index contributed by atoms with van der Waals surface area (Å²) in [6.07, 6.45) is 8.04. The van der Waals surface area contributed by atoms with E-state index >= 15 is 0 Å². The molecule has 2 saturated heterocycles. The van der Waals surface area contributed by atoms with Crippen LogP contribution in [0.4, 0.5) is 0 Å². The topological polar surface area (TPSA) is 138 Å². The Labute approximate surface area is 255 Å². The van der Waals surface area contributed by atoms with Gasteiger partial charge in [-0.25, -0.2) is 0 Å². The average Bonchev–Trinajstić information content (AvgIpc) is 2.96. The first-order valence-corrected chi connectivity index (χ1v) is 14.6. The number of halogens is 2. The normalized spacial score (nSPS) is 18.0. The zero-order valence-corrected chi connectivity index (χ0v) is 25.3. The SMILES string of the molecule is Cl.Cl.O=C(O)CC(NC(=O)CNC(=O)C(CCC1CCNCC1)CCC1CCNCC1)c1ccc2c(c1)OCCO2. The molecule has 0 radical (unpaired) electrons. The van der Waals surface area contributed by atoms with Crippen LogP contribution in [0.1, 0.15) is 69.4 Å². The Kier molecular flexibility index (Phi) is 15.6. The fourth-order valence-electron chi connectivity index (χ4n) is 5.88. The highest BCUT2D eigenvalue weighted by Gasteiger charge is 2.25. The van der Waals surface area contributed by atoms with Crippen molar-refractivity contribution in [1.29, 1.82) is 0 Å². The second-order valence-electron chi connectivity index (χ2n) is 11.1. The smallest absolute Gasteiger partial charge is 0.305 e. The van der Waals surface area contributed by atoms with Crippen molar-refractivity contribution in [3.05, 3.63) is 23.8 Å². The van der Waals surface area contributed by atoms with Crippen LogP contribution in [0.5, 0.6) is 11.5 Å². The van der Waals surface area contributed by atoms with Crippen molar-refractivity contribution in [2.24, 2.45) is 17.8 Å².